The molecule has 0 unspecified atom stereocenters. The van der Waals surface area contributed by atoms with Crippen LogP contribution in [0.1, 0.15) is 31.4 Å². The molecule has 1 aromatic heterocycles. The van der Waals surface area contributed by atoms with Gasteiger partial charge in [-0.15, -0.1) is 0 Å². The Labute approximate surface area is 107 Å². The monoisotopic (exact) mass is 251 g/mol. The Balaban J connectivity index is 1.77. The summed E-state index contributed by atoms with van der Waals surface area (Å²) >= 11 is 0. The smallest absolute Gasteiger partial charge is 0.223 e. The zero-order chi connectivity index (χ0) is 13.0. The number of nitrogens with two attached hydrogens (primary N) is 1. The number of hydrogen-bond acceptors (Lipinski definition) is 3. The van der Waals surface area contributed by atoms with Crippen molar-refractivity contribution in [2.75, 3.05) is 6.54 Å². The van der Waals surface area contributed by atoms with E-state index < -0.39 is 5.60 Å². The third-order valence-corrected chi connectivity index (χ3v) is 3.78. The molecule has 1 fully saturated rings. The molecule has 5 N–H and O–H groups in total. The number of aromatic amines is 1. The van der Waals surface area contributed by atoms with E-state index in [1.54, 1.807) is 0 Å². The van der Waals surface area contributed by atoms with Gasteiger partial charge in [0.15, 0.2) is 0 Å². The minimum absolute atomic E-state index is 0.00628. The van der Waals surface area contributed by atoms with Gasteiger partial charge in [-0.25, -0.2) is 0 Å². The van der Waals surface area contributed by atoms with Crippen molar-refractivity contribution in [1.82, 2.24) is 10.3 Å². The van der Waals surface area contributed by atoms with Crippen LogP contribution in [0, 0.1) is 5.92 Å². The molecule has 1 saturated carbocycles. The van der Waals surface area contributed by atoms with Crippen molar-refractivity contribution in [2.45, 2.75) is 37.8 Å². The summed E-state index contributed by atoms with van der Waals surface area (Å²) in [6.45, 7) is 0.813. The molecule has 5 nitrogen and oxygen atoms in total. The van der Waals surface area contributed by atoms with Gasteiger partial charge in [-0.3, -0.25) is 4.79 Å². The van der Waals surface area contributed by atoms with E-state index in [9.17, 15) is 9.90 Å². The second-order valence-corrected chi connectivity index (χ2v) is 5.12. The highest BCUT2D eigenvalue weighted by molar-refractivity contribution is 5.78. The molecule has 1 aliphatic rings. The first-order chi connectivity index (χ1) is 8.63. The number of aromatic nitrogens is 1. The number of amides is 1. The molecule has 0 atom stereocenters. The lowest BCUT2D eigenvalue weighted by Crippen LogP contribution is -2.44. The summed E-state index contributed by atoms with van der Waals surface area (Å²) in [7, 11) is 0. The number of carbonyl (C=O) groups excluding carboxylic acids is 1. The number of hydrogen-bond donors (Lipinski definition) is 4. The highest BCUT2D eigenvalue weighted by Gasteiger charge is 2.34. The largest absolute Gasteiger partial charge is 0.389 e. The van der Waals surface area contributed by atoms with Crippen LogP contribution in [0.15, 0.2) is 18.3 Å². The predicted molar refractivity (Wildman–Crippen MR) is 68.6 cm³/mol. The van der Waals surface area contributed by atoms with Gasteiger partial charge in [-0.2, -0.15) is 0 Å². The standard InChI is InChI=1S/C13H21N3O2/c14-9-13(18)5-3-10(4-6-13)12(17)16-8-11-2-1-7-15-11/h1-2,7,10,15,18H,3-6,8-9,14H2,(H,16,17). The van der Waals surface area contributed by atoms with Crippen molar-refractivity contribution in [3.05, 3.63) is 24.0 Å². The molecule has 0 aliphatic heterocycles. The minimum Gasteiger partial charge on any atom is -0.389 e. The van der Waals surface area contributed by atoms with Crippen molar-refractivity contribution >= 4 is 5.91 Å². The highest BCUT2D eigenvalue weighted by Crippen LogP contribution is 2.31. The van der Waals surface area contributed by atoms with Crippen LogP contribution in [0.4, 0.5) is 0 Å². The third kappa shape index (κ3) is 3.11. The fourth-order valence-electron chi connectivity index (χ4n) is 2.43. The molecule has 0 bridgehead atoms. The van der Waals surface area contributed by atoms with Crippen molar-refractivity contribution in [3.63, 3.8) is 0 Å². The van der Waals surface area contributed by atoms with E-state index in [1.807, 2.05) is 18.3 Å². The number of nitrogens with one attached hydrogen (secondary N) is 2. The van der Waals surface area contributed by atoms with Gasteiger partial charge < -0.3 is 21.1 Å². The topological polar surface area (TPSA) is 91.1 Å². The zero-order valence-corrected chi connectivity index (χ0v) is 10.5. The summed E-state index contributed by atoms with van der Waals surface area (Å²) in [6.07, 6.45) is 4.49. The molecule has 0 saturated heterocycles. The molecule has 0 radical (unpaired) electrons. The molecule has 0 spiro atoms. The average molecular weight is 251 g/mol. The summed E-state index contributed by atoms with van der Waals surface area (Å²) in [4.78, 5) is 15.0. The number of H-pyrrole nitrogens is 1. The van der Waals surface area contributed by atoms with Crippen LogP contribution in [0.2, 0.25) is 0 Å². The van der Waals surface area contributed by atoms with Gasteiger partial charge in [-0.1, -0.05) is 0 Å². The van der Waals surface area contributed by atoms with Crippen LogP contribution in [-0.2, 0) is 11.3 Å². The Morgan fingerprint density at radius 2 is 2.28 bits per heavy atom. The second-order valence-electron chi connectivity index (χ2n) is 5.12. The van der Waals surface area contributed by atoms with E-state index in [0.717, 1.165) is 5.69 Å². The lowest BCUT2D eigenvalue weighted by atomic mass is 9.78. The maximum Gasteiger partial charge on any atom is 0.223 e. The fraction of sp³-hybridized carbons (Fsp3) is 0.615. The van der Waals surface area contributed by atoms with Crippen LogP contribution >= 0.6 is 0 Å². The quantitative estimate of drug-likeness (QED) is 0.628. The average Bonchev–Trinajstić information content (AvgIpc) is 2.90. The van der Waals surface area contributed by atoms with E-state index in [-0.39, 0.29) is 18.4 Å². The first-order valence-electron chi connectivity index (χ1n) is 6.45. The van der Waals surface area contributed by atoms with Gasteiger partial charge in [-0.05, 0) is 37.8 Å². The van der Waals surface area contributed by atoms with Crippen molar-refractivity contribution in [3.8, 4) is 0 Å². The molecule has 1 amide bonds. The van der Waals surface area contributed by atoms with E-state index in [1.165, 1.54) is 0 Å². The maximum atomic E-state index is 12.0. The summed E-state index contributed by atoms with van der Waals surface area (Å²) in [5, 5.41) is 12.9. The molecule has 1 aliphatic carbocycles. The van der Waals surface area contributed by atoms with Crippen molar-refractivity contribution < 1.29 is 9.90 Å². The van der Waals surface area contributed by atoms with Gasteiger partial charge in [0.25, 0.3) is 0 Å². The predicted octanol–water partition coefficient (Wildman–Crippen LogP) is 0.511. The Morgan fingerprint density at radius 3 is 2.83 bits per heavy atom. The maximum absolute atomic E-state index is 12.0. The van der Waals surface area contributed by atoms with Crippen LogP contribution in [0.25, 0.3) is 0 Å². The second kappa shape index (κ2) is 5.54. The molecule has 18 heavy (non-hydrogen) atoms. The molecular formula is C13H21N3O2. The Bertz CT molecular complexity index is 381. The number of aliphatic hydroxyl groups is 1. The van der Waals surface area contributed by atoms with Crippen LogP contribution in [0.5, 0.6) is 0 Å². The molecular weight excluding hydrogens is 230 g/mol. The first-order valence-corrected chi connectivity index (χ1v) is 6.45. The SMILES string of the molecule is NCC1(O)CCC(C(=O)NCc2ccc[nH]2)CC1. The van der Waals surface area contributed by atoms with Crippen LogP contribution in [-0.4, -0.2) is 28.1 Å². The lowest BCUT2D eigenvalue weighted by Gasteiger charge is -2.34. The summed E-state index contributed by atoms with van der Waals surface area (Å²) < 4.78 is 0. The van der Waals surface area contributed by atoms with Crippen LogP contribution in [0.3, 0.4) is 0 Å². The minimum atomic E-state index is -0.754. The summed E-state index contributed by atoms with van der Waals surface area (Å²) in [5.74, 6) is 0.0791. The Hall–Kier alpha value is -1.33. The first kappa shape index (κ1) is 13.1. The highest BCUT2D eigenvalue weighted by atomic mass is 16.3. The van der Waals surface area contributed by atoms with E-state index >= 15 is 0 Å². The normalized spacial score (nSPS) is 28.0. The lowest BCUT2D eigenvalue weighted by molar-refractivity contribution is -0.127. The zero-order valence-electron chi connectivity index (χ0n) is 10.5. The number of rotatable bonds is 4. The van der Waals surface area contributed by atoms with Gasteiger partial charge in [0, 0.05) is 24.4 Å². The van der Waals surface area contributed by atoms with Gasteiger partial charge in [0.2, 0.25) is 5.91 Å². The van der Waals surface area contributed by atoms with Gasteiger partial charge in [0.1, 0.15) is 0 Å². The fourth-order valence-corrected chi connectivity index (χ4v) is 2.43. The summed E-state index contributed by atoms with van der Waals surface area (Å²) in [5.41, 5.74) is 5.77. The van der Waals surface area contributed by atoms with E-state index in [2.05, 4.69) is 10.3 Å². The van der Waals surface area contributed by atoms with Gasteiger partial charge in [0.05, 0.1) is 12.1 Å². The molecule has 100 valence electrons. The Kier molecular flexibility index (Phi) is 4.04. The van der Waals surface area contributed by atoms with Gasteiger partial charge >= 0.3 is 0 Å². The third-order valence-electron chi connectivity index (χ3n) is 3.78. The molecule has 0 aromatic carbocycles. The van der Waals surface area contributed by atoms with Crippen molar-refractivity contribution in [2.24, 2.45) is 11.7 Å². The molecule has 1 heterocycles. The Morgan fingerprint density at radius 1 is 1.56 bits per heavy atom. The molecule has 5 heteroatoms. The van der Waals surface area contributed by atoms with Crippen molar-refractivity contribution in [1.29, 1.82) is 0 Å². The molecule has 2 rings (SSSR count). The van der Waals surface area contributed by atoms with Crippen LogP contribution < -0.4 is 11.1 Å². The number of carbonyl (C=O) groups is 1. The summed E-state index contributed by atoms with van der Waals surface area (Å²) in [6, 6.07) is 3.85. The van der Waals surface area contributed by atoms with E-state index in [4.69, 9.17) is 5.73 Å². The van der Waals surface area contributed by atoms with E-state index in [0.29, 0.717) is 32.2 Å². The molecule has 1 aromatic rings.